The van der Waals surface area contributed by atoms with Crippen LogP contribution in [0, 0.1) is 0 Å². The lowest BCUT2D eigenvalue weighted by molar-refractivity contribution is -0.134. The molecule has 0 bridgehead atoms. The molecule has 1 aromatic heterocycles. The fourth-order valence-corrected chi connectivity index (χ4v) is 2.19. The van der Waals surface area contributed by atoms with Gasteiger partial charge in [0.05, 0.1) is 12.4 Å². The number of thioether (sulfide) groups is 1. The molecule has 0 atom stereocenters. The van der Waals surface area contributed by atoms with E-state index in [1.807, 2.05) is 0 Å². The number of carboxylic acids is 2. The summed E-state index contributed by atoms with van der Waals surface area (Å²) < 4.78 is 36.0. The highest BCUT2D eigenvalue weighted by Crippen LogP contribution is 2.18. The van der Waals surface area contributed by atoms with Gasteiger partial charge in [0.15, 0.2) is 11.8 Å². The minimum absolute atomic E-state index is 0.184. The molecule has 1 aromatic rings. The molecular formula is C15H19F3N6O5S. The first-order chi connectivity index (χ1) is 13.9. The van der Waals surface area contributed by atoms with Crippen LogP contribution in [-0.2, 0) is 14.4 Å². The van der Waals surface area contributed by atoms with E-state index >= 15 is 0 Å². The maximum atomic E-state index is 12.0. The van der Waals surface area contributed by atoms with E-state index in [4.69, 9.17) is 21.7 Å². The summed E-state index contributed by atoms with van der Waals surface area (Å²) in [7, 11) is 0. The number of nitrogens with one attached hydrogen (secondary N) is 1. The van der Waals surface area contributed by atoms with Crippen molar-refractivity contribution < 1.29 is 37.8 Å². The first-order valence-corrected chi connectivity index (χ1v) is 8.88. The second-order valence-electron chi connectivity index (χ2n) is 5.11. The van der Waals surface area contributed by atoms with Crippen molar-refractivity contribution in [2.75, 3.05) is 17.6 Å². The summed E-state index contributed by atoms with van der Waals surface area (Å²) >= 11 is 1.34. The molecule has 1 rings (SSSR count). The molecule has 0 spiro atoms. The third-order valence-electron chi connectivity index (χ3n) is 2.48. The Morgan fingerprint density at radius 1 is 1.17 bits per heavy atom. The number of aliphatic imine (C=N–C) groups is 1. The fraction of sp³-hybridized carbons (Fsp3) is 0.333. The molecule has 7 N–H and O–H groups in total. The highest BCUT2D eigenvalue weighted by atomic mass is 32.2. The monoisotopic (exact) mass is 452 g/mol. The number of hydrogen-bond donors (Lipinski definition) is 5. The Morgan fingerprint density at radius 3 is 2.27 bits per heavy atom. The number of aliphatic carboxylic acids is 2. The summed E-state index contributed by atoms with van der Waals surface area (Å²) in [5.74, 6) is -2.50. The number of carbonyl (C=O) groups excluding carboxylic acids is 1. The number of amides is 1. The Balaban J connectivity index is 0.000000890. The van der Waals surface area contributed by atoms with Gasteiger partial charge in [-0.1, -0.05) is 0 Å². The van der Waals surface area contributed by atoms with Crippen molar-refractivity contribution in [2.45, 2.75) is 24.0 Å². The Hall–Kier alpha value is -3.36. The Kier molecular flexibility index (Phi) is 12.2. The quantitative estimate of drug-likeness (QED) is 0.118. The van der Waals surface area contributed by atoms with E-state index in [-0.39, 0.29) is 18.1 Å². The Morgan fingerprint density at radius 2 is 1.77 bits per heavy atom. The number of halogens is 3. The van der Waals surface area contributed by atoms with Gasteiger partial charge in [0.2, 0.25) is 5.91 Å². The third-order valence-corrected chi connectivity index (χ3v) is 3.47. The number of nitrogens with zero attached hydrogens (tertiary/aromatic N) is 3. The average molecular weight is 452 g/mol. The summed E-state index contributed by atoms with van der Waals surface area (Å²) in [5, 5.41) is 18.6. The molecule has 0 aliphatic heterocycles. The van der Waals surface area contributed by atoms with Crippen molar-refractivity contribution in [3.63, 3.8) is 0 Å². The predicted molar refractivity (Wildman–Crippen MR) is 102 cm³/mol. The van der Waals surface area contributed by atoms with E-state index < -0.39 is 30.6 Å². The molecule has 0 aliphatic rings. The largest absolute Gasteiger partial charge is 0.478 e. The van der Waals surface area contributed by atoms with Crippen LogP contribution in [0.1, 0.15) is 12.8 Å². The first-order valence-electron chi connectivity index (χ1n) is 7.90. The van der Waals surface area contributed by atoms with Gasteiger partial charge in [0.1, 0.15) is 11.6 Å². The Bertz CT molecular complexity index is 772. The number of carboxylic acid groups (broad SMARTS) is 2. The number of nitrogens with two attached hydrogens (primary N) is 2. The van der Waals surface area contributed by atoms with Crippen molar-refractivity contribution >= 4 is 41.4 Å². The molecule has 166 valence electrons. The number of anilines is 1. The lowest BCUT2D eigenvalue weighted by Gasteiger charge is -2.07. The van der Waals surface area contributed by atoms with Gasteiger partial charge >= 0.3 is 18.1 Å². The number of guanidine groups is 1. The molecule has 30 heavy (non-hydrogen) atoms. The van der Waals surface area contributed by atoms with Gasteiger partial charge in [-0.25, -0.2) is 19.6 Å². The number of hydrogen-bond acceptors (Lipinski definition) is 7. The third kappa shape index (κ3) is 16.8. The van der Waals surface area contributed by atoms with Gasteiger partial charge in [-0.15, -0.1) is 11.8 Å². The molecule has 0 saturated heterocycles. The summed E-state index contributed by atoms with van der Waals surface area (Å²) in [4.78, 5) is 40.8. The highest BCUT2D eigenvalue weighted by Gasteiger charge is 2.26. The number of primary amides is 1. The van der Waals surface area contributed by atoms with Gasteiger partial charge in [-0.3, -0.25) is 9.78 Å². The smallest absolute Gasteiger partial charge is 0.408 e. The van der Waals surface area contributed by atoms with Crippen LogP contribution >= 0.6 is 11.8 Å². The van der Waals surface area contributed by atoms with Gasteiger partial charge in [-0.05, 0) is 6.42 Å². The van der Waals surface area contributed by atoms with Crippen molar-refractivity contribution in [1.29, 1.82) is 0 Å². The Labute approximate surface area is 172 Å². The molecule has 0 aliphatic carbocycles. The lowest BCUT2D eigenvalue weighted by atomic mass is 10.3. The van der Waals surface area contributed by atoms with E-state index in [1.54, 1.807) is 0 Å². The van der Waals surface area contributed by atoms with Crippen molar-refractivity contribution in [3.8, 4) is 0 Å². The van der Waals surface area contributed by atoms with Crippen molar-refractivity contribution in [3.05, 3.63) is 24.5 Å². The van der Waals surface area contributed by atoms with E-state index in [1.165, 1.54) is 24.2 Å². The number of aromatic nitrogens is 2. The van der Waals surface area contributed by atoms with Gasteiger partial charge in [0.25, 0.3) is 0 Å². The second kappa shape index (κ2) is 13.8. The molecule has 15 heteroatoms. The van der Waals surface area contributed by atoms with Crippen LogP contribution in [0.25, 0.3) is 0 Å². The van der Waals surface area contributed by atoms with Crippen LogP contribution in [0.4, 0.5) is 19.0 Å². The SMILES string of the molecule is NC(=O)CCCSc1cncc(NC(N)=NCC(F)(F)F)n1.O=C(O)C=CC(=O)O. The highest BCUT2D eigenvalue weighted by molar-refractivity contribution is 7.99. The summed E-state index contributed by atoms with van der Waals surface area (Å²) in [5.41, 5.74) is 10.3. The van der Waals surface area contributed by atoms with E-state index in [0.29, 0.717) is 29.4 Å². The van der Waals surface area contributed by atoms with Crippen LogP contribution in [0.15, 0.2) is 34.6 Å². The molecule has 11 nitrogen and oxygen atoms in total. The van der Waals surface area contributed by atoms with Crippen molar-refractivity contribution in [2.24, 2.45) is 16.5 Å². The maximum Gasteiger partial charge on any atom is 0.408 e. The van der Waals surface area contributed by atoms with Gasteiger partial charge in [0, 0.05) is 24.3 Å². The van der Waals surface area contributed by atoms with Crippen LogP contribution in [0.5, 0.6) is 0 Å². The van der Waals surface area contributed by atoms with Crippen LogP contribution in [0.3, 0.4) is 0 Å². The van der Waals surface area contributed by atoms with Gasteiger partial charge in [-0.2, -0.15) is 13.2 Å². The van der Waals surface area contributed by atoms with Crippen LogP contribution in [-0.4, -0.2) is 62.5 Å². The standard InChI is InChI=1S/C11H15F3N6OS.C4H4O4/c12-11(13,14)6-18-10(16)20-8-4-17-5-9(19-8)22-3-1-2-7(15)21;5-3(6)1-2-4(7)8/h4-5H,1-3,6H2,(H2,15,21)(H3,16,18,19,20);1-2H,(H,5,6)(H,7,8). The zero-order valence-electron chi connectivity index (χ0n) is 15.3. The zero-order chi connectivity index (χ0) is 23.2. The number of carbonyl (C=O) groups is 3. The minimum Gasteiger partial charge on any atom is -0.478 e. The minimum atomic E-state index is -4.42. The molecular weight excluding hydrogens is 433 g/mol. The van der Waals surface area contributed by atoms with Crippen LogP contribution < -0.4 is 16.8 Å². The lowest BCUT2D eigenvalue weighted by Crippen LogP contribution is -2.26. The fourth-order valence-electron chi connectivity index (χ4n) is 1.39. The van der Waals surface area contributed by atoms with Crippen molar-refractivity contribution in [1.82, 2.24) is 9.97 Å². The summed E-state index contributed by atoms with van der Waals surface area (Å²) in [6.45, 7) is -1.37. The summed E-state index contributed by atoms with van der Waals surface area (Å²) in [6, 6.07) is 0. The average Bonchev–Trinajstić information content (AvgIpc) is 2.62. The summed E-state index contributed by atoms with van der Waals surface area (Å²) in [6.07, 6.45) is 0.358. The van der Waals surface area contributed by atoms with E-state index in [0.717, 1.165) is 0 Å². The van der Waals surface area contributed by atoms with E-state index in [2.05, 4.69) is 20.3 Å². The second-order valence-corrected chi connectivity index (χ2v) is 6.23. The maximum absolute atomic E-state index is 12.0. The van der Waals surface area contributed by atoms with Gasteiger partial charge < -0.3 is 27.0 Å². The molecule has 1 heterocycles. The normalized spacial score (nSPS) is 11.5. The predicted octanol–water partition coefficient (Wildman–Crippen LogP) is 0.835. The zero-order valence-corrected chi connectivity index (χ0v) is 16.1. The molecule has 0 fully saturated rings. The molecule has 0 unspecified atom stereocenters. The topological polar surface area (TPSA) is 194 Å². The van der Waals surface area contributed by atoms with Crippen LogP contribution in [0.2, 0.25) is 0 Å². The number of alkyl halides is 3. The molecule has 0 radical (unpaired) electrons. The molecule has 1 amide bonds. The molecule has 0 aromatic carbocycles. The van der Waals surface area contributed by atoms with E-state index in [9.17, 15) is 27.6 Å². The molecule has 0 saturated carbocycles. The first kappa shape index (κ1) is 26.6. The number of rotatable bonds is 9.